The second kappa shape index (κ2) is 9.44. The first-order valence-electron chi connectivity index (χ1n) is 11.3. The van der Waals surface area contributed by atoms with E-state index in [4.69, 9.17) is 11.6 Å². The van der Waals surface area contributed by atoms with Crippen molar-refractivity contribution in [2.45, 2.75) is 31.5 Å². The summed E-state index contributed by atoms with van der Waals surface area (Å²) in [6.45, 7) is 1.16. The largest absolute Gasteiger partial charge is 0.346 e. The van der Waals surface area contributed by atoms with Crippen LogP contribution in [0.2, 0.25) is 4.34 Å². The number of benzene rings is 1. The van der Waals surface area contributed by atoms with Crippen molar-refractivity contribution < 1.29 is 14.4 Å². The van der Waals surface area contributed by atoms with Crippen LogP contribution < -0.4 is 10.2 Å². The van der Waals surface area contributed by atoms with Crippen LogP contribution >= 0.6 is 22.9 Å². The summed E-state index contributed by atoms with van der Waals surface area (Å²) in [7, 11) is 3.96. The van der Waals surface area contributed by atoms with Gasteiger partial charge in [-0.1, -0.05) is 11.6 Å². The van der Waals surface area contributed by atoms with Crippen molar-refractivity contribution in [2.75, 3.05) is 25.5 Å². The van der Waals surface area contributed by atoms with Gasteiger partial charge in [0.1, 0.15) is 11.9 Å². The number of urea groups is 1. The van der Waals surface area contributed by atoms with E-state index in [1.165, 1.54) is 16.2 Å². The minimum Gasteiger partial charge on any atom is -0.346 e. The highest BCUT2D eigenvalue weighted by atomic mass is 35.5. The Kier molecular flexibility index (Phi) is 6.35. The lowest BCUT2D eigenvalue weighted by atomic mass is 9.96. The SMILES string of the molecule is CN(C)Cc1nccn1-c1ccc(N2C(=O)[C@@H]3[C@H](NC(=O)c4ccc(Cl)s4)CCCN3C2=O)cc1. The summed E-state index contributed by atoms with van der Waals surface area (Å²) in [6, 6.07) is 9.05. The standard InChI is InChI=1S/C24H25ClN6O3S/c1-28(2)14-20-26-11-13-29(20)15-5-7-16(8-6-15)31-23(33)21-17(4-3-12-30(21)24(31)34)27-22(32)18-9-10-19(25)35-18/h5-11,13,17,21H,3-4,12,14H2,1-2H3,(H,27,32)/t17-,21+/m1/s1. The maximum atomic E-state index is 13.4. The number of thiophene rings is 1. The summed E-state index contributed by atoms with van der Waals surface area (Å²) < 4.78 is 2.50. The van der Waals surface area contributed by atoms with Gasteiger partial charge in [-0.25, -0.2) is 14.7 Å². The summed E-state index contributed by atoms with van der Waals surface area (Å²) in [4.78, 5) is 49.1. The summed E-state index contributed by atoms with van der Waals surface area (Å²) in [6.07, 6.45) is 4.95. The summed E-state index contributed by atoms with van der Waals surface area (Å²) in [5.74, 6) is 0.275. The highest BCUT2D eigenvalue weighted by Gasteiger charge is 2.51. The normalized spacial score (nSPS) is 20.0. The minimum absolute atomic E-state index is 0.286. The number of anilines is 1. The molecule has 3 aromatic rings. The van der Waals surface area contributed by atoms with Crippen LogP contribution in [0.4, 0.5) is 10.5 Å². The van der Waals surface area contributed by atoms with E-state index in [0.717, 1.165) is 11.5 Å². The van der Waals surface area contributed by atoms with Gasteiger partial charge < -0.3 is 19.7 Å². The number of nitrogens with one attached hydrogen (secondary N) is 1. The van der Waals surface area contributed by atoms with Crippen LogP contribution in [0, 0.1) is 0 Å². The van der Waals surface area contributed by atoms with Crippen LogP contribution in [0.15, 0.2) is 48.8 Å². The van der Waals surface area contributed by atoms with Gasteiger partial charge >= 0.3 is 6.03 Å². The van der Waals surface area contributed by atoms with Crippen molar-refractivity contribution >= 4 is 46.5 Å². The first-order valence-corrected chi connectivity index (χ1v) is 12.5. The molecule has 2 saturated heterocycles. The Morgan fingerprint density at radius 2 is 1.91 bits per heavy atom. The molecule has 9 nitrogen and oxygen atoms in total. The van der Waals surface area contributed by atoms with Crippen LogP contribution in [0.5, 0.6) is 0 Å². The first-order chi connectivity index (χ1) is 16.8. The highest BCUT2D eigenvalue weighted by Crippen LogP contribution is 2.32. The number of rotatable bonds is 6. The number of hydrogen-bond acceptors (Lipinski definition) is 6. The van der Waals surface area contributed by atoms with E-state index in [0.29, 0.717) is 40.8 Å². The van der Waals surface area contributed by atoms with Crippen LogP contribution in [-0.4, -0.2) is 69.9 Å². The van der Waals surface area contributed by atoms with Crippen molar-refractivity contribution in [3.8, 4) is 5.69 Å². The van der Waals surface area contributed by atoms with Crippen LogP contribution in [0.3, 0.4) is 0 Å². The van der Waals surface area contributed by atoms with E-state index in [2.05, 4.69) is 10.3 Å². The molecule has 2 aliphatic rings. The van der Waals surface area contributed by atoms with Crippen molar-refractivity contribution in [3.63, 3.8) is 0 Å². The van der Waals surface area contributed by atoms with Crippen molar-refractivity contribution in [2.24, 2.45) is 0 Å². The molecule has 11 heteroatoms. The van der Waals surface area contributed by atoms with Gasteiger partial charge in [-0.15, -0.1) is 11.3 Å². The Morgan fingerprint density at radius 3 is 2.60 bits per heavy atom. The lowest BCUT2D eigenvalue weighted by molar-refractivity contribution is -0.121. The van der Waals surface area contributed by atoms with Crippen molar-refractivity contribution in [3.05, 3.63) is 63.8 Å². The Bertz CT molecular complexity index is 1270. The lowest BCUT2D eigenvalue weighted by Gasteiger charge is -2.34. The molecule has 4 amide bonds. The first kappa shape index (κ1) is 23.5. The van der Waals surface area contributed by atoms with Gasteiger partial charge in [-0.3, -0.25) is 9.59 Å². The maximum Gasteiger partial charge on any atom is 0.332 e. The molecule has 2 atom stereocenters. The number of fused-ring (bicyclic) bond motifs is 1. The fourth-order valence-electron chi connectivity index (χ4n) is 4.67. The Morgan fingerprint density at radius 1 is 1.17 bits per heavy atom. The van der Waals surface area contributed by atoms with Crippen molar-refractivity contribution in [1.82, 2.24) is 24.7 Å². The molecule has 2 aliphatic heterocycles. The predicted molar refractivity (Wildman–Crippen MR) is 134 cm³/mol. The van der Waals surface area contributed by atoms with E-state index in [1.54, 1.807) is 35.4 Å². The number of aromatic nitrogens is 2. The quantitative estimate of drug-likeness (QED) is 0.511. The number of nitrogens with zero attached hydrogens (tertiary/aromatic N) is 5. The van der Waals surface area contributed by atoms with E-state index in [1.807, 2.05) is 41.9 Å². The third-order valence-corrected chi connectivity index (χ3v) is 7.45. The number of piperidine rings is 1. The molecule has 2 fully saturated rings. The molecule has 0 saturated carbocycles. The summed E-state index contributed by atoms with van der Waals surface area (Å²) in [5.41, 5.74) is 1.39. The number of carbonyl (C=O) groups excluding carboxylic acids is 3. The van der Waals surface area contributed by atoms with Gasteiger partial charge in [0.25, 0.3) is 11.8 Å². The number of carbonyl (C=O) groups is 3. The van der Waals surface area contributed by atoms with Gasteiger partial charge in [-0.05, 0) is 63.3 Å². The predicted octanol–water partition coefficient (Wildman–Crippen LogP) is 3.38. The minimum atomic E-state index is -0.726. The molecule has 0 bridgehead atoms. The number of imidazole rings is 1. The maximum absolute atomic E-state index is 13.4. The van der Waals surface area contributed by atoms with E-state index in [9.17, 15) is 14.4 Å². The molecule has 1 aromatic carbocycles. The number of imide groups is 1. The van der Waals surface area contributed by atoms with Crippen LogP contribution in [-0.2, 0) is 11.3 Å². The topological polar surface area (TPSA) is 90.8 Å². The lowest BCUT2D eigenvalue weighted by Crippen LogP contribution is -2.55. The third-order valence-electron chi connectivity index (χ3n) is 6.22. The van der Waals surface area contributed by atoms with Gasteiger partial charge in [0.2, 0.25) is 0 Å². The average molecular weight is 513 g/mol. The smallest absolute Gasteiger partial charge is 0.332 e. The van der Waals surface area contributed by atoms with Crippen molar-refractivity contribution in [1.29, 1.82) is 0 Å². The molecule has 4 heterocycles. The van der Waals surface area contributed by atoms with Gasteiger partial charge in [0.05, 0.1) is 27.5 Å². The third kappa shape index (κ3) is 4.44. The van der Waals surface area contributed by atoms with Crippen LogP contribution in [0.25, 0.3) is 5.69 Å². The van der Waals surface area contributed by atoms with E-state index < -0.39 is 12.1 Å². The monoisotopic (exact) mass is 512 g/mol. The van der Waals surface area contributed by atoms with Gasteiger partial charge in [-0.2, -0.15) is 0 Å². The zero-order chi connectivity index (χ0) is 24.7. The molecule has 182 valence electrons. The number of hydrogen-bond donors (Lipinski definition) is 1. The van der Waals surface area contributed by atoms with E-state index >= 15 is 0 Å². The highest BCUT2D eigenvalue weighted by molar-refractivity contribution is 7.18. The molecule has 35 heavy (non-hydrogen) atoms. The zero-order valence-electron chi connectivity index (χ0n) is 19.3. The number of halogens is 1. The van der Waals surface area contributed by atoms with Gasteiger partial charge in [0, 0.05) is 24.6 Å². The Labute approximate surface area is 211 Å². The molecule has 0 radical (unpaired) electrons. The molecular formula is C24H25ClN6O3S. The summed E-state index contributed by atoms with van der Waals surface area (Å²) in [5, 5.41) is 2.95. The molecule has 0 aliphatic carbocycles. The number of amides is 4. The molecule has 2 aromatic heterocycles. The zero-order valence-corrected chi connectivity index (χ0v) is 20.9. The molecule has 0 spiro atoms. The van der Waals surface area contributed by atoms with Crippen LogP contribution in [0.1, 0.15) is 28.3 Å². The molecular weight excluding hydrogens is 488 g/mol. The fourth-order valence-corrected chi connectivity index (χ4v) is 5.61. The van der Waals surface area contributed by atoms with Gasteiger partial charge in [0.15, 0.2) is 0 Å². The second-order valence-electron chi connectivity index (χ2n) is 8.89. The Hall–Kier alpha value is -3.21. The van der Waals surface area contributed by atoms with E-state index in [-0.39, 0.29) is 17.8 Å². The molecule has 5 rings (SSSR count). The average Bonchev–Trinajstić information content (AvgIpc) is 3.53. The Balaban J connectivity index is 1.36. The second-order valence-corrected chi connectivity index (χ2v) is 10.6. The summed E-state index contributed by atoms with van der Waals surface area (Å²) >= 11 is 7.14. The molecule has 1 N–H and O–H groups in total. The fraction of sp³-hybridized carbons (Fsp3) is 0.333. The molecule has 0 unspecified atom stereocenters.